The normalized spacial score (nSPS) is 11.0. The van der Waals surface area contributed by atoms with Crippen molar-refractivity contribution >= 4 is 14.5 Å². The van der Waals surface area contributed by atoms with Crippen molar-refractivity contribution in [2.24, 2.45) is 0 Å². The lowest BCUT2D eigenvalue weighted by Crippen LogP contribution is -2.38. The minimum atomic E-state index is -1.65. The van der Waals surface area contributed by atoms with Crippen molar-refractivity contribution in [2.75, 3.05) is 14.2 Å². The zero-order valence-corrected chi connectivity index (χ0v) is 10.7. The van der Waals surface area contributed by atoms with Crippen LogP contribution in [-0.4, -0.2) is 23.5 Å². The predicted octanol–water partition coefficient (Wildman–Crippen LogP) is 1.33. The summed E-state index contributed by atoms with van der Waals surface area (Å²) in [6.07, 6.45) is 0. The van der Waals surface area contributed by atoms with Crippen LogP contribution in [0.3, 0.4) is 0 Å². The largest absolute Gasteiger partial charge is 0.397 e. The van der Waals surface area contributed by atoms with Crippen molar-refractivity contribution in [2.45, 2.75) is 20.8 Å². The summed E-state index contributed by atoms with van der Waals surface area (Å²) in [7, 11) is 1.79. The Morgan fingerprint density at radius 3 is 1.71 bits per heavy atom. The Labute approximate surface area is 87.7 Å². The van der Waals surface area contributed by atoms with E-state index in [4.69, 9.17) is 8.85 Å². The Hall–Kier alpha value is -0.643. The summed E-state index contributed by atoms with van der Waals surface area (Å²) in [5.41, 5.74) is 3.86. The first-order valence-electron chi connectivity index (χ1n) is 4.73. The fourth-order valence-electron chi connectivity index (χ4n) is 1.89. The molecule has 0 unspecified atom stereocenters. The smallest absolute Gasteiger partial charge is 0.355 e. The molecule has 0 spiro atoms. The fraction of sp³-hybridized carbons (Fsp3) is 0.455. The van der Waals surface area contributed by atoms with E-state index in [1.807, 2.05) is 0 Å². The third-order valence-corrected chi connectivity index (χ3v) is 4.64. The number of aryl methyl sites for hydroxylation is 3. The van der Waals surface area contributed by atoms with Gasteiger partial charge in [-0.1, -0.05) is 17.7 Å². The van der Waals surface area contributed by atoms with Crippen molar-refractivity contribution < 1.29 is 8.85 Å². The van der Waals surface area contributed by atoms with E-state index in [2.05, 4.69) is 32.9 Å². The molecule has 0 bridgehead atoms. The van der Waals surface area contributed by atoms with Gasteiger partial charge in [0, 0.05) is 14.2 Å². The second-order valence-electron chi connectivity index (χ2n) is 3.62. The summed E-state index contributed by atoms with van der Waals surface area (Å²) in [4.78, 5) is 0. The SMILES string of the molecule is CO[SiH](OC)c1c(C)cc(C)cc1C. The Morgan fingerprint density at radius 1 is 0.929 bits per heavy atom. The van der Waals surface area contributed by atoms with E-state index in [1.165, 1.54) is 21.9 Å². The molecule has 0 aliphatic rings. The molecule has 1 rings (SSSR count). The van der Waals surface area contributed by atoms with Gasteiger partial charge in [0.25, 0.3) is 0 Å². The molecule has 78 valence electrons. The molecule has 0 atom stereocenters. The maximum absolute atomic E-state index is 5.40. The van der Waals surface area contributed by atoms with E-state index >= 15 is 0 Å². The van der Waals surface area contributed by atoms with Crippen molar-refractivity contribution in [1.82, 2.24) is 0 Å². The Kier molecular flexibility index (Phi) is 3.86. The first-order chi connectivity index (χ1) is 6.60. The minimum absolute atomic E-state index is 1.28. The zero-order chi connectivity index (χ0) is 10.7. The quantitative estimate of drug-likeness (QED) is 0.701. The van der Waals surface area contributed by atoms with Crippen LogP contribution in [0.5, 0.6) is 0 Å². The topological polar surface area (TPSA) is 18.5 Å². The van der Waals surface area contributed by atoms with Gasteiger partial charge in [0.15, 0.2) is 0 Å². The first-order valence-corrected chi connectivity index (χ1v) is 6.25. The second-order valence-corrected chi connectivity index (χ2v) is 5.80. The van der Waals surface area contributed by atoms with Gasteiger partial charge in [-0.25, -0.2) is 0 Å². The maximum Gasteiger partial charge on any atom is 0.355 e. The highest BCUT2D eigenvalue weighted by atomic mass is 28.3. The predicted molar refractivity (Wildman–Crippen MR) is 61.5 cm³/mol. The van der Waals surface area contributed by atoms with Gasteiger partial charge in [0.1, 0.15) is 0 Å². The first kappa shape index (κ1) is 11.4. The molecule has 0 aliphatic heterocycles. The van der Waals surface area contributed by atoms with Gasteiger partial charge in [0.2, 0.25) is 0 Å². The number of hydrogen-bond donors (Lipinski definition) is 0. The van der Waals surface area contributed by atoms with Crippen molar-refractivity contribution in [3.05, 3.63) is 28.8 Å². The Bertz CT molecular complexity index is 296. The summed E-state index contributed by atoms with van der Waals surface area (Å²) in [5, 5.41) is 1.28. The monoisotopic (exact) mass is 210 g/mol. The van der Waals surface area contributed by atoms with Crippen LogP contribution in [0.4, 0.5) is 0 Å². The highest BCUT2D eigenvalue weighted by Crippen LogP contribution is 2.07. The lowest BCUT2D eigenvalue weighted by molar-refractivity contribution is 0.291. The molecule has 0 amide bonds. The van der Waals surface area contributed by atoms with Crippen molar-refractivity contribution in [3.8, 4) is 0 Å². The van der Waals surface area contributed by atoms with E-state index in [1.54, 1.807) is 14.2 Å². The van der Waals surface area contributed by atoms with Crippen LogP contribution in [0.2, 0.25) is 0 Å². The maximum atomic E-state index is 5.40. The highest BCUT2D eigenvalue weighted by Gasteiger charge is 2.18. The highest BCUT2D eigenvalue weighted by molar-refractivity contribution is 6.62. The molecule has 14 heavy (non-hydrogen) atoms. The summed E-state index contributed by atoms with van der Waals surface area (Å²) < 4.78 is 10.8. The van der Waals surface area contributed by atoms with Crippen LogP contribution >= 0.6 is 0 Å². The van der Waals surface area contributed by atoms with Gasteiger partial charge < -0.3 is 8.85 Å². The number of benzene rings is 1. The van der Waals surface area contributed by atoms with E-state index in [0.717, 1.165) is 0 Å². The van der Waals surface area contributed by atoms with E-state index < -0.39 is 9.28 Å². The number of rotatable bonds is 3. The average molecular weight is 210 g/mol. The molecule has 0 saturated carbocycles. The van der Waals surface area contributed by atoms with Gasteiger partial charge in [-0.2, -0.15) is 0 Å². The van der Waals surface area contributed by atoms with Crippen LogP contribution in [0, 0.1) is 20.8 Å². The molecule has 1 aromatic rings. The van der Waals surface area contributed by atoms with E-state index in [-0.39, 0.29) is 0 Å². The molecule has 0 N–H and O–H groups in total. The standard InChI is InChI=1S/C11H18O2Si/c1-8-6-9(2)11(10(3)7-8)14(12-4)13-5/h6-7,14H,1-5H3. The Balaban J connectivity index is 3.19. The van der Waals surface area contributed by atoms with Crippen molar-refractivity contribution in [3.63, 3.8) is 0 Å². The molecule has 3 heteroatoms. The summed E-state index contributed by atoms with van der Waals surface area (Å²) in [5.74, 6) is 0. The Morgan fingerprint density at radius 2 is 1.36 bits per heavy atom. The minimum Gasteiger partial charge on any atom is -0.397 e. The molecule has 1 aromatic carbocycles. The molecular formula is C11H18O2Si. The number of hydrogen-bond acceptors (Lipinski definition) is 2. The molecular weight excluding hydrogens is 192 g/mol. The van der Waals surface area contributed by atoms with Crippen LogP contribution in [0.25, 0.3) is 0 Å². The zero-order valence-electron chi connectivity index (χ0n) is 9.55. The lowest BCUT2D eigenvalue weighted by atomic mass is 10.1. The molecule has 0 aliphatic carbocycles. The third-order valence-electron chi connectivity index (χ3n) is 2.40. The van der Waals surface area contributed by atoms with Crippen LogP contribution in [0.1, 0.15) is 16.7 Å². The van der Waals surface area contributed by atoms with E-state index in [0.29, 0.717) is 0 Å². The van der Waals surface area contributed by atoms with Crippen LogP contribution in [0.15, 0.2) is 12.1 Å². The lowest BCUT2D eigenvalue weighted by Gasteiger charge is -2.17. The van der Waals surface area contributed by atoms with Gasteiger partial charge in [-0.05, 0) is 37.1 Å². The molecule has 0 saturated heterocycles. The summed E-state index contributed by atoms with van der Waals surface area (Å²) in [6, 6.07) is 4.36. The third kappa shape index (κ3) is 2.23. The summed E-state index contributed by atoms with van der Waals surface area (Å²) >= 11 is 0. The van der Waals surface area contributed by atoms with Gasteiger partial charge in [0.05, 0.1) is 0 Å². The molecule has 0 aromatic heterocycles. The van der Waals surface area contributed by atoms with Gasteiger partial charge in [-0.15, -0.1) is 0 Å². The fourth-order valence-corrected chi connectivity index (χ4v) is 3.47. The van der Waals surface area contributed by atoms with Gasteiger partial charge >= 0.3 is 9.28 Å². The molecule has 0 fully saturated rings. The molecule has 0 radical (unpaired) electrons. The molecule has 0 heterocycles. The molecule has 2 nitrogen and oxygen atoms in total. The summed E-state index contributed by atoms with van der Waals surface area (Å²) in [6.45, 7) is 6.35. The van der Waals surface area contributed by atoms with Crippen LogP contribution < -0.4 is 5.19 Å². The average Bonchev–Trinajstić information content (AvgIpc) is 2.10. The second kappa shape index (κ2) is 4.73. The van der Waals surface area contributed by atoms with Crippen molar-refractivity contribution in [1.29, 1.82) is 0 Å². The van der Waals surface area contributed by atoms with E-state index in [9.17, 15) is 0 Å². The van der Waals surface area contributed by atoms with Gasteiger partial charge in [-0.3, -0.25) is 0 Å². The van der Waals surface area contributed by atoms with Crippen LogP contribution in [-0.2, 0) is 8.85 Å².